The Morgan fingerprint density at radius 2 is 0.914 bits per heavy atom. The van der Waals surface area contributed by atoms with Crippen LogP contribution in [0.1, 0.15) is 252 Å². The zero-order chi connectivity index (χ0) is 51.0. The first kappa shape index (κ1) is 64.8. The van der Waals surface area contributed by atoms with E-state index in [9.17, 15) is 9.59 Å². The number of halogens is 1. The van der Waals surface area contributed by atoms with Crippen molar-refractivity contribution < 1.29 is 19.1 Å². The van der Waals surface area contributed by atoms with Gasteiger partial charge in [0.15, 0.2) is 11.0 Å². The van der Waals surface area contributed by atoms with Crippen LogP contribution < -0.4 is 16.0 Å². The summed E-state index contributed by atoms with van der Waals surface area (Å²) in [7, 11) is 3.67. The molecule has 1 unspecified atom stereocenters. The van der Waals surface area contributed by atoms with E-state index in [4.69, 9.17) is 21.1 Å². The maximum Gasteiger partial charge on any atom is 0.306 e. The van der Waals surface area contributed by atoms with Gasteiger partial charge in [-0.15, -0.1) is 0 Å². The first-order valence-electron chi connectivity index (χ1n) is 28.8. The summed E-state index contributed by atoms with van der Waals surface area (Å²) in [5.41, 5.74) is 1.67. The minimum absolute atomic E-state index is 0.00685. The molecule has 0 bridgehead atoms. The summed E-state index contributed by atoms with van der Waals surface area (Å²) in [6.45, 7) is 13.1. The number of esters is 2. The van der Waals surface area contributed by atoms with E-state index in [1.165, 1.54) is 160 Å². The van der Waals surface area contributed by atoms with Gasteiger partial charge in [0.05, 0.1) is 23.8 Å². The number of hydrogen-bond acceptors (Lipinski definition) is 12. The molecule has 0 amide bonds. The van der Waals surface area contributed by atoms with Crippen molar-refractivity contribution in [2.75, 3.05) is 56.2 Å². The summed E-state index contributed by atoms with van der Waals surface area (Å²) in [4.78, 5) is 44.1. The number of aromatic nitrogens is 4. The van der Waals surface area contributed by atoms with Crippen molar-refractivity contribution in [2.24, 2.45) is 0 Å². The average molecular weight is 1000 g/mol. The van der Waals surface area contributed by atoms with Gasteiger partial charge in [0, 0.05) is 33.5 Å². The van der Waals surface area contributed by atoms with Crippen molar-refractivity contribution in [1.29, 1.82) is 0 Å². The van der Waals surface area contributed by atoms with E-state index < -0.39 is 0 Å². The van der Waals surface area contributed by atoms with Gasteiger partial charge < -0.3 is 30.3 Å². The number of carbonyl (C=O) groups excluding carboxylic acids is 2. The minimum Gasteiger partial charge on any atom is -0.462 e. The molecule has 0 saturated heterocycles. The van der Waals surface area contributed by atoms with Crippen molar-refractivity contribution >= 4 is 40.7 Å². The Balaban J connectivity index is 0.00000242. The molecular weight excluding hydrogens is 896 g/mol. The standard InChI is InChI=1S/C52H99N5O4.C5H6ClN3/c1-6-10-13-16-21-28-36-47(9-4)60-50(58)39-31-24-19-26-33-42-57(44-35-41-55-52-49(53-5)45-54-46-56-52)43-34-27-20-25-32-40-51(59)61-48(37-29-22-17-14-11-7-2)38-30-23-18-15-12-8-3;1-7-4-2-8-3-9-5(4)6/h45-48,53H,6-44H2,1-5H3,(H,54,55,56);2-3,7H,1H3. The maximum atomic E-state index is 12.9. The average Bonchev–Trinajstić information content (AvgIpc) is 3.37. The van der Waals surface area contributed by atoms with Gasteiger partial charge in [-0.25, -0.2) is 19.9 Å². The Bertz CT molecular complexity index is 1480. The van der Waals surface area contributed by atoms with Crippen molar-refractivity contribution in [1.82, 2.24) is 24.8 Å². The first-order chi connectivity index (χ1) is 34.3. The summed E-state index contributed by atoms with van der Waals surface area (Å²) < 4.78 is 11.9. The van der Waals surface area contributed by atoms with Crippen LogP contribution in [0.15, 0.2) is 25.0 Å². The number of ether oxygens (including phenoxy) is 2. The molecule has 0 aliphatic heterocycles. The number of hydrogen-bond donors (Lipinski definition) is 3. The molecule has 0 aliphatic carbocycles. The summed E-state index contributed by atoms with van der Waals surface area (Å²) in [6, 6.07) is 0. The lowest BCUT2D eigenvalue weighted by molar-refractivity contribution is -0.150. The van der Waals surface area contributed by atoms with Crippen LogP contribution in [-0.2, 0) is 19.1 Å². The molecule has 0 aliphatic rings. The highest BCUT2D eigenvalue weighted by Crippen LogP contribution is 2.20. The lowest BCUT2D eigenvalue weighted by Crippen LogP contribution is -2.28. The smallest absolute Gasteiger partial charge is 0.306 e. The molecule has 13 heteroatoms. The lowest BCUT2D eigenvalue weighted by Gasteiger charge is -2.22. The Kier molecular flexibility index (Phi) is 44.4. The predicted molar refractivity (Wildman–Crippen MR) is 297 cm³/mol. The van der Waals surface area contributed by atoms with Crippen molar-refractivity contribution in [2.45, 2.75) is 265 Å². The Morgan fingerprint density at radius 3 is 1.37 bits per heavy atom. The van der Waals surface area contributed by atoms with Crippen LogP contribution in [0.5, 0.6) is 0 Å². The van der Waals surface area contributed by atoms with Crippen LogP contribution in [0.25, 0.3) is 0 Å². The second-order valence-electron chi connectivity index (χ2n) is 19.5. The molecule has 2 aromatic rings. The zero-order valence-corrected chi connectivity index (χ0v) is 46.5. The predicted octanol–water partition coefficient (Wildman–Crippen LogP) is 16.0. The molecule has 2 rings (SSSR count). The molecule has 0 saturated carbocycles. The van der Waals surface area contributed by atoms with E-state index in [0.29, 0.717) is 18.0 Å². The first-order valence-corrected chi connectivity index (χ1v) is 29.1. The number of nitrogens with zero attached hydrogens (tertiary/aromatic N) is 5. The largest absolute Gasteiger partial charge is 0.462 e. The maximum absolute atomic E-state index is 12.9. The zero-order valence-electron chi connectivity index (χ0n) is 45.8. The van der Waals surface area contributed by atoms with Gasteiger partial charge in [0.25, 0.3) is 0 Å². The SMILES string of the molecule is CCCCCCCCC(CC)OC(=O)CCCCCCCN(CCCCCCCC(=O)OC(CCCCCCCC)CCCCCCCC)CCCNc1ncncc1NC.CNc1cncnc1Cl. The second kappa shape index (κ2) is 48.0. The van der Waals surface area contributed by atoms with Crippen LogP contribution in [0.2, 0.25) is 5.15 Å². The third kappa shape index (κ3) is 37.5. The van der Waals surface area contributed by atoms with E-state index in [1.807, 2.05) is 7.05 Å². The van der Waals surface area contributed by atoms with Gasteiger partial charge in [-0.2, -0.15) is 0 Å². The fraction of sp³-hybridized carbons (Fsp3) is 0.825. The molecule has 2 heterocycles. The van der Waals surface area contributed by atoms with E-state index in [2.05, 4.69) is 68.5 Å². The number of unbranched alkanes of at least 4 members (excludes halogenated alkanes) is 23. The normalized spacial score (nSPS) is 11.6. The van der Waals surface area contributed by atoms with Gasteiger partial charge in [-0.05, 0) is 96.7 Å². The Labute approximate surface area is 434 Å². The lowest BCUT2D eigenvalue weighted by atomic mass is 10.0. The third-order valence-electron chi connectivity index (χ3n) is 13.3. The van der Waals surface area contributed by atoms with Crippen molar-refractivity contribution in [3.05, 3.63) is 30.2 Å². The number of rotatable bonds is 47. The summed E-state index contributed by atoms with van der Waals surface area (Å²) in [5.74, 6) is 0.869. The van der Waals surface area contributed by atoms with Crippen molar-refractivity contribution in [3.8, 4) is 0 Å². The molecule has 12 nitrogen and oxygen atoms in total. The molecular formula is C57H105ClN8O4. The number of carbonyl (C=O) groups is 2. The highest BCUT2D eigenvalue weighted by molar-refractivity contribution is 6.31. The van der Waals surface area contributed by atoms with Crippen LogP contribution in [-0.4, -0.2) is 89.3 Å². The van der Waals surface area contributed by atoms with E-state index in [-0.39, 0.29) is 24.1 Å². The topological polar surface area (TPSA) is 143 Å². The molecule has 404 valence electrons. The fourth-order valence-electron chi connectivity index (χ4n) is 8.81. The summed E-state index contributed by atoms with van der Waals surface area (Å²) in [5, 5.41) is 9.94. The van der Waals surface area contributed by atoms with Gasteiger partial charge in [-0.3, -0.25) is 9.59 Å². The van der Waals surface area contributed by atoms with Crippen LogP contribution in [0.3, 0.4) is 0 Å². The molecule has 70 heavy (non-hydrogen) atoms. The van der Waals surface area contributed by atoms with E-state index in [1.54, 1.807) is 25.8 Å². The molecule has 0 radical (unpaired) electrons. The summed E-state index contributed by atoms with van der Waals surface area (Å²) >= 11 is 5.61. The Morgan fingerprint density at radius 1 is 0.514 bits per heavy atom. The minimum atomic E-state index is -0.00685. The van der Waals surface area contributed by atoms with Gasteiger partial charge in [-0.1, -0.05) is 174 Å². The highest BCUT2D eigenvalue weighted by Gasteiger charge is 2.15. The van der Waals surface area contributed by atoms with Crippen LogP contribution in [0, 0.1) is 0 Å². The highest BCUT2D eigenvalue weighted by atomic mass is 35.5. The van der Waals surface area contributed by atoms with Crippen molar-refractivity contribution in [3.63, 3.8) is 0 Å². The molecule has 0 aromatic carbocycles. The second-order valence-corrected chi connectivity index (χ2v) is 19.8. The van der Waals surface area contributed by atoms with Gasteiger partial charge >= 0.3 is 11.9 Å². The van der Waals surface area contributed by atoms with Gasteiger partial charge in [0.2, 0.25) is 0 Å². The van der Waals surface area contributed by atoms with E-state index in [0.717, 1.165) is 101 Å². The fourth-order valence-corrected chi connectivity index (χ4v) is 8.99. The van der Waals surface area contributed by atoms with Crippen LogP contribution in [0.4, 0.5) is 17.2 Å². The van der Waals surface area contributed by atoms with Crippen LogP contribution >= 0.6 is 11.6 Å². The van der Waals surface area contributed by atoms with Gasteiger partial charge in [0.1, 0.15) is 24.9 Å². The monoisotopic (exact) mass is 1000 g/mol. The summed E-state index contributed by atoms with van der Waals surface area (Å²) in [6.07, 6.45) is 46.9. The molecule has 1 atom stereocenters. The molecule has 0 fully saturated rings. The quantitative estimate of drug-likeness (QED) is 0.0330. The molecule has 2 aromatic heterocycles. The van der Waals surface area contributed by atoms with E-state index >= 15 is 0 Å². The number of anilines is 3. The Hall–Kier alpha value is -3.25. The molecule has 3 N–H and O–H groups in total. The number of nitrogens with one attached hydrogen (secondary N) is 3. The molecule has 0 spiro atoms. The third-order valence-corrected chi connectivity index (χ3v) is 13.6.